The van der Waals surface area contributed by atoms with Crippen molar-refractivity contribution in [2.45, 2.75) is 196 Å². The van der Waals surface area contributed by atoms with Crippen LogP contribution in [0.3, 0.4) is 0 Å². The molecule has 0 amide bonds. The number of hydrogen-bond acceptors (Lipinski definition) is 4. The fourth-order valence-electron chi connectivity index (χ4n) is 4.20. The third-order valence-electron chi connectivity index (χ3n) is 6.60. The minimum Gasteiger partial charge on any atom is -0.381 e. The van der Waals surface area contributed by atoms with E-state index >= 15 is 0 Å². The van der Waals surface area contributed by atoms with E-state index in [1.807, 2.05) is 27.7 Å². The Kier molecular flexibility index (Phi) is 45.4. The highest BCUT2D eigenvalue weighted by atomic mass is 32.2. The molecule has 0 N–H and O–H groups in total. The molecule has 0 radical (unpaired) electrons. The van der Waals surface area contributed by atoms with Crippen LogP contribution in [0, 0.1) is 53.3 Å². The van der Waals surface area contributed by atoms with Crippen molar-refractivity contribution in [2.24, 2.45) is 53.3 Å². The molecule has 0 bridgehead atoms. The van der Waals surface area contributed by atoms with Crippen LogP contribution in [0.25, 0.3) is 0 Å². The molecule has 0 aromatic rings. The number of rotatable bonds is 21. The first kappa shape index (κ1) is 57.2. The summed E-state index contributed by atoms with van der Waals surface area (Å²) in [5.41, 5.74) is 0. The average molecular weight is 709 g/mol. The van der Waals surface area contributed by atoms with E-state index in [1.54, 1.807) is 0 Å². The minimum atomic E-state index is -2.78. The highest BCUT2D eigenvalue weighted by molar-refractivity contribution is 7.91. The zero-order chi connectivity index (χ0) is 38.9. The Morgan fingerprint density at radius 3 is 0.896 bits per heavy atom. The molecule has 0 aliphatic carbocycles. The molecule has 0 unspecified atom stereocenters. The Balaban J connectivity index is -0.000000161. The number of sulfone groups is 1. The molecule has 0 saturated carbocycles. The first-order valence-electron chi connectivity index (χ1n) is 20.2. The van der Waals surface area contributed by atoms with E-state index < -0.39 is 9.84 Å². The van der Waals surface area contributed by atoms with Crippen LogP contribution in [0.5, 0.6) is 0 Å². The normalized spacial score (nSPS) is 11.7. The summed E-state index contributed by atoms with van der Waals surface area (Å²) in [5, 5.41) is 0. The van der Waals surface area contributed by atoms with Crippen molar-refractivity contribution in [2.75, 3.05) is 31.3 Å². The largest absolute Gasteiger partial charge is 0.381 e. The van der Waals surface area contributed by atoms with Gasteiger partial charge >= 0.3 is 0 Å². The van der Waals surface area contributed by atoms with Gasteiger partial charge in [0.25, 0.3) is 0 Å². The lowest BCUT2D eigenvalue weighted by atomic mass is 10.0. The Morgan fingerprint density at radius 2 is 0.667 bits per heavy atom. The zero-order valence-corrected chi connectivity index (χ0v) is 37.8. The number of hydrogen-bond donors (Lipinski definition) is 0. The van der Waals surface area contributed by atoms with E-state index in [1.165, 1.54) is 51.4 Å². The van der Waals surface area contributed by atoms with Crippen LogP contribution in [0.1, 0.15) is 190 Å². The summed E-state index contributed by atoms with van der Waals surface area (Å²) in [6.45, 7) is 46.0. The first-order chi connectivity index (χ1) is 21.8. The molecule has 0 aromatic heterocycles. The van der Waals surface area contributed by atoms with Gasteiger partial charge in [0.05, 0.1) is 17.6 Å². The fraction of sp³-hybridized carbons (Fsp3) is 1.00. The Labute approximate surface area is 307 Å². The third kappa shape index (κ3) is 76.0. The maximum absolute atomic E-state index is 11.3. The van der Waals surface area contributed by atoms with E-state index in [2.05, 4.69) is 111 Å². The maximum atomic E-state index is 11.3. The van der Waals surface area contributed by atoms with Crippen molar-refractivity contribution in [3.8, 4) is 0 Å². The lowest BCUT2D eigenvalue weighted by molar-refractivity contribution is 0.0710. The quantitative estimate of drug-likeness (QED) is 0.111. The topological polar surface area (TPSA) is 52.6 Å². The standard InChI is InChI=1S/C10H22.C9H20.C8H18O2S.2C8H18O/c1-9(2)7-5-6-8-10(3)4;1-8(2)6-5-7-9(3)4;1-7(2)5-11(9,10)6-8(3)4;1-7(2)5-9-6-8(3)4;1-7(2)5-6-9-8(3)4/h9-10H,5-8H2,1-4H3;8-9H,5-7H2,1-4H3;7-8H,5-6H2,1-4H3;2*7-8H,5-6H2,1-4H3. The molecule has 0 rings (SSSR count). The molecule has 0 atom stereocenters. The molecule has 0 heterocycles. The van der Waals surface area contributed by atoms with Crippen LogP contribution in [0.15, 0.2) is 0 Å². The molecule has 0 aliphatic rings. The molecule has 298 valence electrons. The SMILES string of the molecule is CC(C)CCCC(C)C.CC(C)CCCCC(C)C.CC(C)CCOC(C)C.CC(C)COCC(C)C.CC(C)CS(=O)(=O)CC(C)C. The van der Waals surface area contributed by atoms with Crippen molar-refractivity contribution >= 4 is 9.84 Å². The molecule has 0 saturated heterocycles. The van der Waals surface area contributed by atoms with Gasteiger partial charge in [-0.15, -0.1) is 0 Å². The van der Waals surface area contributed by atoms with Gasteiger partial charge in [0.15, 0.2) is 9.84 Å². The van der Waals surface area contributed by atoms with Gasteiger partial charge < -0.3 is 9.47 Å². The van der Waals surface area contributed by atoms with Gasteiger partial charge in [-0.3, -0.25) is 0 Å². The van der Waals surface area contributed by atoms with Crippen LogP contribution < -0.4 is 0 Å². The molecule has 5 heteroatoms. The van der Waals surface area contributed by atoms with Crippen LogP contribution in [-0.2, 0) is 19.3 Å². The molecule has 0 spiro atoms. The number of ether oxygens (including phenoxy) is 2. The van der Waals surface area contributed by atoms with Gasteiger partial charge in [-0.25, -0.2) is 8.42 Å². The molecule has 48 heavy (non-hydrogen) atoms. The summed E-state index contributed by atoms with van der Waals surface area (Å²) < 4.78 is 33.2. The van der Waals surface area contributed by atoms with Gasteiger partial charge in [-0.05, 0) is 73.5 Å². The van der Waals surface area contributed by atoms with E-state index in [0.717, 1.165) is 49.4 Å². The highest BCUT2D eigenvalue weighted by Crippen LogP contribution is 2.12. The summed E-state index contributed by atoms with van der Waals surface area (Å²) in [6.07, 6.45) is 11.5. The van der Waals surface area contributed by atoms with Crippen molar-refractivity contribution in [1.29, 1.82) is 0 Å². The predicted molar refractivity (Wildman–Crippen MR) is 221 cm³/mol. The van der Waals surface area contributed by atoms with Gasteiger partial charge in [-0.1, -0.05) is 170 Å². The van der Waals surface area contributed by atoms with E-state index in [9.17, 15) is 8.42 Å². The van der Waals surface area contributed by atoms with Crippen LogP contribution in [0.2, 0.25) is 0 Å². The molecule has 4 nitrogen and oxygen atoms in total. The molecule has 0 fully saturated rings. The second-order valence-electron chi connectivity index (χ2n) is 18.1. The minimum absolute atomic E-state index is 0.249. The Bertz CT molecular complexity index is 597. The van der Waals surface area contributed by atoms with Gasteiger partial charge in [0.2, 0.25) is 0 Å². The van der Waals surface area contributed by atoms with Gasteiger partial charge in [-0.2, -0.15) is 0 Å². The molecular formula is C43H96O4S. The maximum Gasteiger partial charge on any atom is 0.150 e. The summed E-state index contributed by atoms with van der Waals surface area (Å²) in [4.78, 5) is 0. The predicted octanol–water partition coefficient (Wildman–Crippen LogP) is 13.8. The lowest BCUT2D eigenvalue weighted by Crippen LogP contribution is -2.18. The van der Waals surface area contributed by atoms with Crippen molar-refractivity contribution in [1.82, 2.24) is 0 Å². The molecular weight excluding hydrogens is 613 g/mol. The molecule has 0 aliphatic heterocycles. The van der Waals surface area contributed by atoms with E-state index in [4.69, 9.17) is 9.47 Å². The number of unbranched alkanes of at least 4 members (excludes halogenated alkanes) is 1. The fourth-order valence-corrected chi connectivity index (χ4v) is 6.37. The first-order valence-corrected chi connectivity index (χ1v) is 22.1. The second-order valence-corrected chi connectivity index (χ2v) is 20.2. The van der Waals surface area contributed by atoms with Crippen molar-refractivity contribution in [3.05, 3.63) is 0 Å². The summed E-state index contributed by atoms with van der Waals surface area (Å²) in [5.74, 6) is 6.83. The summed E-state index contributed by atoms with van der Waals surface area (Å²) in [7, 11) is -2.78. The van der Waals surface area contributed by atoms with Gasteiger partial charge in [0.1, 0.15) is 0 Å². The van der Waals surface area contributed by atoms with E-state index in [0.29, 0.717) is 29.4 Å². The third-order valence-corrected chi connectivity index (χ3v) is 8.95. The van der Waals surface area contributed by atoms with E-state index in [-0.39, 0.29) is 11.8 Å². The van der Waals surface area contributed by atoms with Crippen molar-refractivity contribution < 1.29 is 17.9 Å². The van der Waals surface area contributed by atoms with Gasteiger partial charge in [0, 0.05) is 19.8 Å². The monoisotopic (exact) mass is 709 g/mol. The smallest absolute Gasteiger partial charge is 0.150 e. The average Bonchev–Trinajstić information content (AvgIpc) is 2.85. The van der Waals surface area contributed by atoms with Crippen LogP contribution in [-0.4, -0.2) is 45.8 Å². The Morgan fingerprint density at radius 1 is 0.375 bits per heavy atom. The van der Waals surface area contributed by atoms with Crippen LogP contribution >= 0.6 is 0 Å². The van der Waals surface area contributed by atoms with Crippen LogP contribution in [0.4, 0.5) is 0 Å². The summed E-state index contributed by atoms with van der Waals surface area (Å²) >= 11 is 0. The zero-order valence-electron chi connectivity index (χ0n) is 37.0. The lowest BCUT2D eigenvalue weighted by Gasteiger charge is -2.08. The second kappa shape index (κ2) is 38.1. The highest BCUT2D eigenvalue weighted by Gasteiger charge is 2.14. The Hall–Kier alpha value is -0.130. The summed E-state index contributed by atoms with van der Waals surface area (Å²) in [6, 6.07) is 0. The van der Waals surface area contributed by atoms with Crippen molar-refractivity contribution in [3.63, 3.8) is 0 Å². The molecule has 0 aromatic carbocycles.